The highest BCUT2D eigenvalue weighted by molar-refractivity contribution is 5.96. The standard InChI is InChI=1S/C19H20N4O3/c1-22(14-6-7-18(20-13-14)23-8-10-25-11-9-23)19(24)12-16-15-4-2-3-5-17(15)26-21-16/h2-7,13H,8-12H2,1H3. The van der Waals surface area contributed by atoms with Crippen LogP contribution in [0.3, 0.4) is 0 Å². The van der Waals surface area contributed by atoms with E-state index in [9.17, 15) is 4.79 Å². The van der Waals surface area contributed by atoms with Crippen LogP contribution in [0.2, 0.25) is 0 Å². The maximum absolute atomic E-state index is 12.6. The Hall–Kier alpha value is -2.93. The van der Waals surface area contributed by atoms with Gasteiger partial charge in [-0.1, -0.05) is 17.3 Å². The number of ether oxygens (including phenoxy) is 1. The molecule has 3 aromatic rings. The fourth-order valence-electron chi connectivity index (χ4n) is 3.03. The van der Waals surface area contributed by atoms with Crippen molar-refractivity contribution in [3.05, 3.63) is 48.3 Å². The first-order valence-corrected chi connectivity index (χ1v) is 8.61. The van der Waals surface area contributed by atoms with Crippen molar-refractivity contribution in [3.63, 3.8) is 0 Å². The van der Waals surface area contributed by atoms with Gasteiger partial charge in [-0.15, -0.1) is 0 Å². The Kier molecular flexibility index (Phi) is 4.53. The van der Waals surface area contributed by atoms with Crippen LogP contribution < -0.4 is 9.80 Å². The zero-order valence-corrected chi connectivity index (χ0v) is 14.6. The highest BCUT2D eigenvalue weighted by Crippen LogP contribution is 2.21. The van der Waals surface area contributed by atoms with Crippen molar-refractivity contribution in [2.45, 2.75) is 6.42 Å². The van der Waals surface area contributed by atoms with Crippen molar-refractivity contribution >= 4 is 28.4 Å². The summed E-state index contributed by atoms with van der Waals surface area (Å²) in [6.07, 6.45) is 1.91. The molecule has 7 heteroatoms. The van der Waals surface area contributed by atoms with Gasteiger partial charge in [0, 0.05) is 25.5 Å². The van der Waals surface area contributed by atoms with E-state index in [1.54, 1.807) is 18.1 Å². The molecule has 1 fully saturated rings. The molecule has 1 aliphatic rings. The number of morpholine rings is 1. The molecule has 1 aromatic carbocycles. The average molecular weight is 352 g/mol. The molecule has 0 unspecified atom stereocenters. The zero-order chi connectivity index (χ0) is 17.9. The lowest BCUT2D eigenvalue weighted by Gasteiger charge is -2.28. The van der Waals surface area contributed by atoms with E-state index in [0.29, 0.717) is 24.5 Å². The quantitative estimate of drug-likeness (QED) is 0.717. The molecular formula is C19H20N4O3. The molecule has 3 heterocycles. The molecule has 7 nitrogen and oxygen atoms in total. The van der Waals surface area contributed by atoms with Gasteiger partial charge in [0.15, 0.2) is 5.58 Å². The second kappa shape index (κ2) is 7.13. The van der Waals surface area contributed by atoms with E-state index in [1.807, 2.05) is 36.4 Å². The van der Waals surface area contributed by atoms with Crippen molar-refractivity contribution in [2.24, 2.45) is 0 Å². The minimum atomic E-state index is -0.0648. The number of anilines is 2. The predicted molar refractivity (Wildman–Crippen MR) is 98.4 cm³/mol. The van der Waals surface area contributed by atoms with E-state index in [2.05, 4.69) is 15.0 Å². The molecule has 0 spiro atoms. The van der Waals surface area contributed by atoms with Gasteiger partial charge in [0.25, 0.3) is 0 Å². The number of para-hydroxylation sites is 1. The van der Waals surface area contributed by atoms with Crippen LogP contribution in [-0.2, 0) is 16.0 Å². The lowest BCUT2D eigenvalue weighted by atomic mass is 10.1. The first-order valence-electron chi connectivity index (χ1n) is 8.61. The first-order chi connectivity index (χ1) is 12.7. The number of pyridine rings is 1. The second-order valence-corrected chi connectivity index (χ2v) is 6.23. The summed E-state index contributed by atoms with van der Waals surface area (Å²) in [6, 6.07) is 11.4. The Labute approximate surface area is 151 Å². The highest BCUT2D eigenvalue weighted by Gasteiger charge is 2.18. The fraction of sp³-hybridized carbons (Fsp3) is 0.316. The molecule has 1 saturated heterocycles. The van der Waals surface area contributed by atoms with Gasteiger partial charge < -0.3 is 19.1 Å². The molecule has 0 aliphatic carbocycles. The lowest BCUT2D eigenvalue weighted by Crippen LogP contribution is -2.36. The molecule has 4 rings (SSSR count). The lowest BCUT2D eigenvalue weighted by molar-refractivity contribution is -0.117. The van der Waals surface area contributed by atoms with Crippen molar-refractivity contribution in [3.8, 4) is 0 Å². The number of hydrogen-bond acceptors (Lipinski definition) is 6. The van der Waals surface area contributed by atoms with Gasteiger partial charge >= 0.3 is 0 Å². The number of carbonyl (C=O) groups excluding carboxylic acids is 1. The van der Waals surface area contributed by atoms with Crippen LogP contribution in [0.25, 0.3) is 11.0 Å². The third-order valence-electron chi connectivity index (χ3n) is 4.60. The SMILES string of the molecule is CN(C(=O)Cc1noc2ccccc12)c1ccc(N2CCOCC2)nc1. The van der Waals surface area contributed by atoms with Gasteiger partial charge in [-0.3, -0.25) is 4.79 Å². The Bertz CT molecular complexity index is 901. The van der Waals surface area contributed by atoms with Gasteiger partial charge in [0.2, 0.25) is 5.91 Å². The van der Waals surface area contributed by atoms with E-state index in [-0.39, 0.29) is 12.3 Å². The number of nitrogens with zero attached hydrogens (tertiary/aromatic N) is 4. The maximum atomic E-state index is 12.6. The molecular weight excluding hydrogens is 332 g/mol. The summed E-state index contributed by atoms with van der Waals surface area (Å²) in [5.41, 5.74) is 2.09. The highest BCUT2D eigenvalue weighted by atomic mass is 16.5. The van der Waals surface area contributed by atoms with E-state index in [1.165, 1.54) is 0 Å². The molecule has 1 aliphatic heterocycles. The topological polar surface area (TPSA) is 71.7 Å². The van der Waals surface area contributed by atoms with Gasteiger partial charge in [-0.2, -0.15) is 0 Å². The summed E-state index contributed by atoms with van der Waals surface area (Å²) in [5, 5.41) is 4.90. The number of aromatic nitrogens is 2. The second-order valence-electron chi connectivity index (χ2n) is 6.23. The fourth-order valence-corrected chi connectivity index (χ4v) is 3.03. The molecule has 26 heavy (non-hydrogen) atoms. The number of fused-ring (bicyclic) bond motifs is 1. The van der Waals surface area contributed by atoms with E-state index in [0.717, 1.165) is 30.0 Å². The number of carbonyl (C=O) groups is 1. The minimum Gasteiger partial charge on any atom is -0.378 e. The summed E-state index contributed by atoms with van der Waals surface area (Å²) in [5.74, 6) is 0.838. The largest absolute Gasteiger partial charge is 0.378 e. The Morgan fingerprint density at radius 1 is 1.19 bits per heavy atom. The maximum Gasteiger partial charge on any atom is 0.232 e. The van der Waals surface area contributed by atoms with E-state index < -0.39 is 0 Å². The molecule has 0 N–H and O–H groups in total. The summed E-state index contributed by atoms with van der Waals surface area (Å²) in [4.78, 5) is 20.9. The predicted octanol–water partition coefficient (Wildman–Crippen LogP) is 2.26. The number of hydrogen-bond donors (Lipinski definition) is 0. The molecule has 0 saturated carbocycles. The van der Waals surface area contributed by atoms with E-state index >= 15 is 0 Å². The summed E-state index contributed by atoms with van der Waals surface area (Å²) < 4.78 is 10.6. The molecule has 2 aromatic heterocycles. The number of amides is 1. The van der Waals surface area contributed by atoms with Crippen molar-refractivity contribution in [1.82, 2.24) is 10.1 Å². The van der Waals surface area contributed by atoms with Crippen LogP contribution in [0, 0.1) is 0 Å². The molecule has 0 bridgehead atoms. The normalized spacial score (nSPS) is 14.6. The van der Waals surface area contributed by atoms with Crippen LogP contribution in [-0.4, -0.2) is 49.4 Å². The van der Waals surface area contributed by atoms with Crippen LogP contribution in [0.1, 0.15) is 5.69 Å². The first kappa shape index (κ1) is 16.5. The number of benzene rings is 1. The van der Waals surface area contributed by atoms with Crippen LogP contribution >= 0.6 is 0 Å². The summed E-state index contributed by atoms with van der Waals surface area (Å²) >= 11 is 0. The number of likely N-dealkylation sites (N-methyl/N-ethyl adjacent to an activating group) is 1. The molecule has 134 valence electrons. The molecule has 0 radical (unpaired) electrons. The van der Waals surface area contributed by atoms with Gasteiger partial charge in [-0.05, 0) is 24.3 Å². The van der Waals surface area contributed by atoms with Crippen LogP contribution in [0.5, 0.6) is 0 Å². The molecule has 1 amide bonds. The smallest absolute Gasteiger partial charge is 0.232 e. The third kappa shape index (κ3) is 3.25. The van der Waals surface area contributed by atoms with Crippen molar-refractivity contribution in [1.29, 1.82) is 0 Å². The Balaban J connectivity index is 1.46. The summed E-state index contributed by atoms with van der Waals surface area (Å²) in [6.45, 7) is 3.10. The Morgan fingerprint density at radius 3 is 2.77 bits per heavy atom. The Morgan fingerprint density at radius 2 is 2.00 bits per heavy atom. The van der Waals surface area contributed by atoms with Crippen LogP contribution in [0.4, 0.5) is 11.5 Å². The summed E-state index contributed by atoms with van der Waals surface area (Å²) in [7, 11) is 1.75. The van der Waals surface area contributed by atoms with Crippen molar-refractivity contribution in [2.75, 3.05) is 43.2 Å². The molecule has 0 atom stereocenters. The third-order valence-corrected chi connectivity index (χ3v) is 4.60. The zero-order valence-electron chi connectivity index (χ0n) is 14.6. The number of rotatable bonds is 4. The monoisotopic (exact) mass is 352 g/mol. The van der Waals surface area contributed by atoms with Crippen LogP contribution in [0.15, 0.2) is 47.1 Å². The van der Waals surface area contributed by atoms with Gasteiger partial charge in [-0.25, -0.2) is 4.98 Å². The average Bonchev–Trinajstić information content (AvgIpc) is 3.11. The minimum absolute atomic E-state index is 0.0648. The van der Waals surface area contributed by atoms with Gasteiger partial charge in [0.05, 0.1) is 31.5 Å². The van der Waals surface area contributed by atoms with E-state index in [4.69, 9.17) is 9.26 Å². The van der Waals surface area contributed by atoms with Gasteiger partial charge in [0.1, 0.15) is 11.5 Å². The van der Waals surface area contributed by atoms with Crippen molar-refractivity contribution < 1.29 is 14.1 Å².